The molecule has 0 bridgehead atoms. The number of hydrogen-bond acceptors (Lipinski definition) is 3. The van der Waals surface area contributed by atoms with E-state index in [-0.39, 0.29) is 11.9 Å². The summed E-state index contributed by atoms with van der Waals surface area (Å²) in [6.07, 6.45) is 3.39. The molecule has 2 aromatic rings. The van der Waals surface area contributed by atoms with Gasteiger partial charge in [-0.2, -0.15) is 5.10 Å². The standard InChI is InChI=1S/C16H19BrN4O/c1-11-15(16(22)20-8-6-13(18)7-9-20)10-19-21(11)14-4-2-12(17)3-5-14/h2-5,10,13H,6-9,18H2,1H3. The van der Waals surface area contributed by atoms with Crippen molar-refractivity contribution in [3.05, 3.63) is 46.2 Å². The van der Waals surface area contributed by atoms with Crippen LogP contribution in [0.2, 0.25) is 0 Å². The van der Waals surface area contributed by atoms with Crippen molar-refractivity contribution in [2.75, 3.05) is 13.1 Å². The first-order chi connectivity index (χ1) is 10.6. The minimum Gasteiger partial charge on any atom is -0.338 e. The topological polar surface area (TPSA) is 64.2 Å². The summed E-state index contributed by atoms with van der Waals surface area (Å²) in [7, 11) is 0. The van der Waals surface area contributed by atoms with E-state index in [1.54, 1.807) is 10.9 Å². The van der Waals surface area contributed by atoms with E-state index >= 15 is 0 Å². The van der Waals surface area contributed by atoms with Crippen LogP contribution in [0.4, 0.5) is 0 Å². The quantitative estimate of drug-likeness (QED) is 0.892. The van der Waals surface area contributed by atoms with Gasteiger partial charge in [-0.1, -0.05) is 15.9 Å². The van der Waals surface area contributed by atoms with Gasteiger partial charge in [0.05, 0.1) is 23.1 Å². The van der Waals surface area contributed by atoms with Crippen molar-refractivity contribution in [3.63, 3.8) is 0 Å². The number of rotatable bonds is 2. The maximum atomic E-state index is 12.7. The lowest BCUT2D eigenvalue weighted by Gasteiger charge is -2.30. The molecule has 3 rings (SSSR count). The van der Waals surface area contributed by atoms with Crippen LogP contribution in [0.1, 0.15) is 28.9 Å². The Morgan fingerprint density at radius 3 is 2.55 bits per heavy atom. The molecule has 1 fully saturated rings. The van der Waals surface area contributed by atoms with Crippen molar-refractivity contribution < 1.29 is 4.79 Å². The molecule has 1 aromatic carbocycles. The Morgan fingerprint density at radius 1 is 1.27 bits per heavy atom. The molecule has 0 aliphatic carbocycles. The number of halogens is 1. The maximum absolute atomic E-state index is 12.7. The van der Waals surface area contributed by atoms with E-state index in [9.17, 15) is 4.79 Å². The third-order valence-electron chi connectivity index (χ3n) is 4.14. The average Bonchev–Trinajstić information content (AvgIpc) is 2.90. The molecular weight excluding hydrogens is 344 g/mol. The van der Waals surface area contributed by atoms with Crippen LogP contribution in [-0.2, 0) is 0 Å². The molecule has 22 heavy (non-hydrogen) atoms. The fraction of sp³-hybridized carbons (Fsp3) is 0.375. The van der Waals surface area contributed by atoms with Gasteiger partial charge in [0.15, 0.2) is 0 Å². The number of carbonyl (C=O) groups is 1. The number of piperidine rings is 1. The van der Waals surface area contributed by atoms with Crippen LogP contribution in [-0.4, -0.2) is 39.7 Å². The first-order valence-corrected chi connectivity index (χ1v) is 8.21. The van der Waals surface area contributed by atoms with Crippen LogP contribution in [0.3, 0.4) is 0 Å². The molecule has 5 nitrogen and oxygen atoms in total. The van der Waals surface area contributed by atoms with E-state index in [4.69, 9.17) is 5.73 Å². The second-order valence-electron chi connectivity index (χ2n) is 5.66. The molecule has 116 valence electrons. The maximum Gasteiger partial charge on any atom is 0.257 e. The van der Waals surface area contributed by atoms with Gasteiger partial charge in [0.2, 0.25) is 0 Å². The molecule has 1 aliphatic heterocycles. The van der Waals surface area contributed by atoms with Crippen LogP contribution < -0.4 is 5.73 Å². The third-order valence-corrected chi connectivity index (χ3v) is 4.67. The van der Waals surface area contributed by atoms with Gasteiger partial charge in [0.25, 0.3) is 5.91 Å². The number of likely N-dealkylation sites (tertiary alicyclic amines) is 1. The zero-order chi connectivity index (χ0) is 15.7. The smallest absolute Gasteiger partial charge is 0.257 e. The first-order valence-electron chi connectivity index (χ1n) is 7.41. The highest BCUT2D eigenvalue weighted by Crippen LogP contribution is 2.19. The van der Waals surface area contributed by atoms with Gasteiger partial charge in [-0.05, 0) is 44.0 Å². The Balaban J connectivity index is 1.84. The number of hydrogen-bond donors (Lipinski definition) is 1. The predicted molar refractivity (Wildman–Crippen MR) is 89.1 cm³/mol. The summed E-state index contributed by atoms with van der Waals surface area (Å²) >= 11 is 3.42. The molecule has 0 spiro atoms. The van der Waals surface area contributed by atoms with Gasteiger partial charge in [-0.15, -0.1) is 0 Å². The van der Waals surface area contributed by atoms with Gasteiger partial charge in [-0.25, -0.2) is 4.68 Å². The minimum atomic E-state index is 0.0489. The van der Waals surface area contributed by atoms with Crippen LogP contribution in [0.25, 0.3) is 5.69 Å². The van der Waals surface area contributed by atoms with Gasteiger partial charge in [0, 0.05) is 23.6 Å². The number of nitrogens with zero attached hydrogens (tertiary/aromatic N) is 3. The lowest BCUT2D eigenvalue weighted by molar-refractivity contribution is 0.0714. The Labute approximate surface area is 138 Å². The highest BCUT2D eigenvalue weighted by atomic mass is 79.9. The van der Waals surface area contributed by atoms with Crippen molar-refractivity contribution in [2.24, 2.45) is 5.73 Å². The Morgan fingerprint density at radius 2 is 1.91 bits per heavy atom. The Hall–Kier alpha value is -1.66. The molecule has 2 heterocycles. The van der Waals surface area contributed by atoms with Crippen LogP contribution in [0.15, 0.2) is 34.9 Å². The highest BCUT2D eigenvalue weighted by Gasteiger charge is 2.24. The second-order valence-corrected chi connectivity index (χ2v) is 6.58. The summed E-state index contributed by atoms with van der Waals surface area (Å²) < 4.78 is 2.82. The summed E-state index contributed by atoms with van der Waals surface area (Å²) in [5, 5.41) is 4.38. The summed E-state index contributed by atoms with van der Waals surface area (Å²) in [4.78, 5) is 14.5. The third kappa shape index (κ3) is 2.94. The molecule has 0 unspecified atom stereocenters. The lowest BCUT2D eigenvalue weighted by Crippen LogP contribution is -2.42. The molecule has 0 atom stereocenters. The van der Waals surface area contributed by atoms with E-state index < -0.39 is 0 Å². The fourth-order valence-electron chi connectivity index (χ4n) is 2.74. The van der Waals surface area contributed by atoms with Crippen molar-refractivity contribution in [1.82, 2.24) is 14.7 Å². The molecule has 1 saturated heterocycles. The normalized spacial score (nSPS) is 16.0. The van der Waals surface area contributed by atoms with Crippen molar-refractivity contribution >= 4 is 21.8 Å². The fourth-order valence-corrected chi connectivity index (χ4v) is 3.00. The minimum absolute atomic E-state index is 0.0489. The lowest BCUT2D eigenvalue weighted by atomic mass is 10.1. The van der Waals surface area contributed by atoms with E-state index in [1.165, 1.54) is 0 Å². The number of nitrogens with two attached hydrogens (primary N) is 1. The van der Waals surface area contributed by atoms with Crippen LogP contribution in [0.5, 0.6) is 0 Å². The van der Waals surface area contributed by atoms with Crippen molar-refractivity contribution in [3.8, 4) is 5.69 Å². The average molecular weight is 363 g/mol. The van der Waals surface area contributed by atoms with E-state index in [1.807, 2.05) is 36.1 Å². The molecule has 1 aromatic heterocycles. The zero-order valence-corrected chi connectivity index (χ0v) is 14.1. The summed E-state index contributed by atoms with van der Waals surface area (Å²) in [5.74, 6) is 0.0489. The van der Waals surface area contributed by atoms with E-state index in [2.05, 4.69) is 21.0 Å². The molecule has 2 N–H and O–H groups in total. The SMILES string of the molecule is Cc1c(C(=O)N2CCC(N)CC2)cnn1-c1ccc(Br)cc1. The zero-order valence-electron chi connectivity index (χ0n) is 12.5. The van der Waals surface area contributed by atoms with Crippen LogP contribution >= 0.6 is 15.9 Å². The summed E-state index contributed by atoms with van der Waals surface area (Å²) in [5.41, 5.74) is 8.37. The second kappa shape index (κ2) is 6.22. The van der Waals surface area contributed by atoms with Gasteiger partial charge in [0.1, 0.15) is 0 Å². The summed E-state index contributed by atoms with van der Waals surface area (Å²) in [6.45, 7) is 3.38. The predicted octanol–water partition coefficient (Wildman–Crippen LogP) is 2.51. The summed E-state index contributed by atoms with van der Waals surface area (Å²) in [6, 6.07) is 8.08. The molecule has 1 amide bonds. The molecule has 6 heteroatoms. The van der Waals surface area contributed by atoms with Crippen LogP contribution in [0, 0.1) is 6.92 Å². The molecular formula is C16H19BrN4O. The van der Waals surface area contributed by atoms with Crippen molar-refractivity contribution in [2.45, 2.75) is 25.8 Å². The van der Waals surface area contributed by atoms with Gasteiger partial charge < -0.3 is 10.6 Å². The number of aromatic nitrogens is 2. The van der Waals surface area contributed by atoms with E-state index in [0.29, 0.717) is 5.56 Å². The monoisotopic (exact) mass is 362 g/mol. The molecule has 0 radical (unpaired) electrons. The Bertz CT molecular complexity index is 672. The van der Waals surface area contributed by atoms with Crippen molar-refractivity contribution in [1.29, 1.82) is 0 Å². The van der Waals surface area contributed by atoms with Gasteiger partial charge in [-0.3, -0.25) is 4.79 Å². The molecule has 0 saturated carbocycles. The number of carbonyl (C=O) groups excluding carboxylic acids is 1. The Kier molecular flexibility index (Phi) is 4.31. The molecule has 1 aliphatic rings. The first kappa shape index (κ1) is 15.2. The largest absolute Gasteiger partial charge is 0.338 e. The van der Waals surface area contributed by atoms with E-state index in [0.717, 1.165) is 41.8 Å². The number of amides is 1. The highest BCUT2D eigenvalue weighted by molar-refractivity contribution is 9.10. The van der Waals surface area contributed by atoms with Gasteiger partial charge >= 0.3 is 0 Å². The number of benzene rings is 1.